The molecule has 0 heterocycles. The van der Waals surface area contributed by atoms with Crippen molar-refractivity contribution in [3.8, 4) is 0 Å². The monoisotopic (exact) mass is 394 g/mol. The molecule has 3 aromatic carbocycles. The van der Waals surface area contributed by atoms with Crippen molar-refractivity contribution in [3.05, 3.63) is 96.1 Å². The molecule has 3 N–H and O–H groups in total. The minimum absolute atomic E-state index is 0.156. The Bertz CT molecular complexity index is 933. The first-order valence-corrected chi connectivity index (χ1v) is 10.1. The summed E-state index contributed by atoms with van der Waals surface area (Å²) in [5.74, 6) is -0.288. The Kier molecular flexibility index (Phi) is 6.94. The van der Waals surface area contributed by atoms with Crippen LogP contribution in [0.25, 0.3) is 0 Å². The van der Waals surface area contributed by atoms with Crippen molar-refractivity contribution in [2.24, 2.45) is 0 Å². The molecule has 1 unspecified atom stereocenters. The summed E-state index contributed by atoms with van der Waals surface area (Å²) in [6.07, 6.45) is 0.541. The van der Waals surface area contributed by atoms with E-state index in [0.29, 0.717) is 22.6 Å². The third-order valence-corrected chi connectivity index (χ3v) is 5.29. The van der Waals surface area contributed by atoms with Gasteiger partial charge in [0.2, 0.25) is 0 Å². The van der Waals surface area contributed by atoms with Crippen LogP contribution in [-0.4, -0.2) is 27.9 Å². The maximum Gasteiger partial charge on any atom is 0.251 e. The van der Waals surface area contributed by atoms with Gasteiger partial charge in [0.1, 0.15) is 11.0 Å². The van der Waals surface area contributed by atoms with E-state index in [1.165, 1.54) is 0 Å². The highest BCUT2D eigenvalue weighted by Crippen LogP contribution is 2.15. The summed E-state index contributed by atoms with van der Waals surface area (Å²) in [5.41, 5.74) is 2.05. The summed E-state index contributed by atoms with van der Waals surface area (Å²) in [5, 5.41) is 12.5. The first kappa shape index (κ1) is 19.8. The van der Waals surface area contributed by atoms with E-state index >= 15 is 0 Å². The van der Waals surface area contributed by atoms with Crippen LogP contribution in [0.15, 0.2) is 89.8 Å². The van der Waals surface area contributed by atoms with Gasteiger partial charge >= 0.3 is 0 Å². The summed E-state index contributed by atoms with van der Waals surface area (Å²) in [7, 11) is -1.42. The molecule has 0 aliphatic rings. The summed E-state index contributed by atoms with van der Waals surface area (Å²) in [4.78, 5) is 13.2. The van der Waals surface area contributed by atoms with E-state index < -0.39 is 11.0 Å². The zero-order valence-electron chi connectivity index (χ0n) is 15.2. The molecule has 1 amide bonds. The third kappa shape index (κ3) is 5.52. The molecule has 0 radical (unpaired) electrons. The molecule has 5 nitrogen and oxygen atoms in total. The maximum absolute atomic E-state index is 12.6. The van der Waals surface area contributed by atoms with Crippen LogP contribution in [0.1, 0.15) is 15.9 Å². The fourth-order valence-electron chi connectivity index (χ4n) is 2.76. The third-order valence-electron chi connectivity index (χ3n) is 4.17. The fraction of sp³-hybridized carbons (Fsp3) is 0.136. The number of nitrogens with one attached hydrogen (secondary N) is 2. The Labute approximate surface area is 167 Å². The SMILES string of the molecule is O=C(N[C@H](CO)Cc1ccccc1)c1cccc(NS(=O)c2ccccc2)c1. The number of carbonyl (C=O) groups is 1. The molecule has 0 aliphatic carbocycles. The lowest BCUT2D eigenvalue weighted by atomic mass is 10.1. The lowest BCUT2D eigenvalue weighted by Gasteiger charge is -2.17. The number of hydrogen-bond acceptors (Lipinski definition) is 3. The second-order valence-electron chi connectivity index (χ2n) is 6.31. The molecule has 0 saturated carbocycles. The zero-order chi connectivity index (χ0) is 19.8. The lowest BCUT2D eigenvalue weighted by molar-refractivity contribution is 0.0916. The van der Waals surface area contributed by atoms with Gasteiger partial charge in [-0.1, -0.05) is 54.6 Å². The highest BCUT2D eigenvalue weighted by molar-refractivity contribution is 7.86. The van der Waals surface area contributed by atoms with Gasteiger partial charge in [-0.15, -0.1) is 0 Å². The van der Waals surface area contributed by atoms with Gasteiger partial charge in [0.15, 0.2) is 0 Å². The van der Waals surface area contributed by atoms with Crippen molar-refractivity contribution in [2.45, 2.75) is 17.4 Å². The Morgan fingerprint density at radius 1 is 0.929 bits per heavy atom. The van der Waals surface area contributed by atoms with Gasteiger partial charge in [-0.3, -0.25) is 4.79 Å². The molecule has 0 aliphatic heterocycles. The molecule has 3 aromatic rings. The van der Waals surface area contributed by atoms with E-state index in [4.69, 9.17) is 0 Å². The van der Waals surface area contributed by atoms with Crippen LogP contribution in [0.2, 0.25) is 0 Å². The van der Waals surface area contributed by atoms with Gasteiger partial charge in [-0.05, 0) is 42.3 Å². The Hall–Kier alpha value is -2.96. The normalized spacial score (nSPS) is 12.8. The van der Waals surface area contributed by atoms with Crippen molar-refractivity contribution >= 4 is 22.6 Å². The van der Waals surface area contributed by atoms with Crippen LogP contribution in [-0.2, 0) is 17.4 Å². The molecular weight excluding hydrogens is 372 g/mol. The van der Waals surface area contributed by atoms with Crippen molar-refractivity contribution in [2.75, 3.05) is 11.3 Å². The predicted octanol–water partition coefficient (Wildman–Crippen LogP) is 3.15. The second-order valence-corrected chi connectivity index (χ2v) is 7.52. The number of aliphatic hydroxyl groups is 1. The van der Waals surface area contributed by atoms with Gasteiger partial charge < -0.3 is 15.1 Å². The molecule has 6 heteroatoms. The van der Waals surface area contributed by atoms with Crippen LogP contribution < -0.4 is 10.0 Å². The molecule has 28 heavy (non-hydrogen) atoms. The summed E-state index contributed by atoms with van der Waals surface area (Å²) >= 11 is 0. The topological polar surface area (TPSA) is 78.4 Å². The zero-order valence-corrected chi connectivity index (χ0v) is 16.1. The van der Waals surface area contributed by atoms with Crippen LogP contribution >= 0.6 is 0 Å². The maximum atomic E-state index is 12.6. The second kappa shape index (κ2) is 9.82. The average molecular weight is 394 g/mol. The highest BCUT2D eigenvalue weighted by Gasteiger charge is 2.14. The Morgan fingerprint density at radius 3 is 2.29 bits per heavy atom. The van der Waals surface area contributed by atoms with Gasteiger partial charge in [0.05, 0.1) is 17.5 Å². The van der Waals surface area contributed by atoms with Gasteiger partial charge in [-0.25, -0.2) is 4.21 Å². The van der Waals surface area contributed by atoms with E-state index in [-0.39, 0.29) is 18.6 Å². The molecule has 2 atom stereocenters. The lowest BCUT2D eigenvalue weighted by Crippen LogP contribution is -2.39. The molecule has 3 rings (SSSR count). The summed E-state index contributed by atoms with van der Waals surface area (Å²) < 4.78 is 15.3. The van der Waals surface area contributed by atoms with E-state index in [0.717, 1.165) is 5.56 Å². The standard InChI is InChI=1S/C22H22N2O3S/c25-16-20(14-17-8-3-1-4-9-17)23-22(26)18-10-7-11-19(15-18)24-28(27)21-12-5-2-6-13-21/h1-13,15,20,24-25H,14,16H2,(H,23,26)/t20-,28?/m0/s1. The first-order chi connectivity index (χ1) is 13.7. The van der Waals surface area contributed by atoms with Crippen LogP contribution in [0.4, 0.5) is 5.69 Å². The van der Waals surface area contributed by atoms with Crippen LogP contribution in [0, 0.1) is 0 Å². The van der Waals surface area contributed by atoms with Gasteiger partial charge in [-0.2, -0.15) is 0 Å². The quantitative estimate of drug-likeness (QED) is 0.549. The number of amides is 1. The van der Waals surface area contributed by atoms with Gasteiger partial charge in [0.25, 0.3) is 5.91 Å². The first-order valence-electron chi connectivity index (χ1n) is 8.95. The largest absolute Gasteiger partial charge is 0.394 e. The molecule has 0 bridgehead atoms. The molecule has 0 fully saturated rings. The number of carbonyl (C=O) groups excluding carboxylic acids is 1. The van der Waals surface area contributed by atoms with E-state index in [2.05, 4.69) is 10.0 Å². The Morgan fingerprint density at radius 2 is 1.61 bits per heavy atom. The number of benzene rings is 3. The Balaban J connectivity index is 1.65. The molecular formula is C22H22N2O3S. The smallest absolute Gasteiger partial charge is 0.251 e. The van der Waals surface area contributed by atoms with Crippen molar-refractivity contribution in [1.82, 2.24) is 5.32 Å². The van der Waals surface area contributed by atoms with Crippen molar-refractivity contribution < 1.29 is 14.1 Å². The predicted molar refractivity (Wildman–Crippen MR) is 111 cm³/mol. The minimum atomic E-state index is -1.42. The molecule has 0 spiro atoms. The number of anilines is 1. The van der Waals surface area contributed by atoms with Crippen molar-refractivity contribution in [1.29, 1.82) is 0 Å². The molecule has 0 saturated heterocycles. The van der Waals surface area contributed by atoms with Gasteiger partial charge in [0, 0.05) is 11.3 Å². The number of aliphatic hydroxyl groups excluding tert-OH is 1. The van der Waals surface area contributed by atoms with E-state index in [1.54, 1.807) is 36.4 Å². The fourth-order valence-corrected chi connectivity index (χ4v) is 3.63. The minimum Gasteiger partial charge on any atom is -0.394 e. The van der Waals surface area contributed by atoms with Crippen LogP contribution in [0.5, 0.6) is 0 Å². The van der Waals surface area contributed by atoms with E-state index in [1.807, 2.05) is 48.5 Å². The summed E-state index contributed by atoms with van der Waals surface area (Å²) in [6, 6.07) is 25.2. The van der Waals surface area contributed by atoms with Crippen LogP contribution in [0.3, 0.4) is 0 Å². The number of rotatable bonds is 8. The van der Waals surface area contributed by atoms with E-state index in [9.17, 15) is 14.1 Å². The average Bonchev–Trinajstić information content (AvgIpc) is 2.74. The molecule has 0 aromatic heterocycles. The summed E-state index contributed by atoms with van der Waals surface area (Å²) in [6.45, 7) is -0.156. The molecule has 144 valence electrons. The van der Waals surface area contributed by atoms with Crippen molar-refractivity contribution in [3.63, 3.8) is 0 Å². The number of hydrogen-bond donors (Lipinski definition) is 3. The highest BCUT2D eigenvalue weighted by atomic mass is 32.2.